The molecule has 1 saturated heterocycles. The van der Waals surface area contributed by atoms with Crippen LogP contribution in [0.3, 0.4) is 0 Å². The first-order valence-corrected chi connectivity index (χ1v) is 6.81. The summed E-state index contributed by atoms with van der Waals surface area (Å²) < 4.78 is 13.4. The number of aryl methyl sites for hydroxylation is 1. The number of nitrogens with zero attached hydrogens (tertiary/aromatic N) is 1. The van der Waals surface area contributed by atoms with Crippen molar-refractivity contribution in [2.75, 3.05) is 13.1 Å². The van der Waals surface area contributed by atoms with E-state index in [0.717, 1.165) is 18.4 Å². The van der Waals surface area contributed by atoms with Crippen molar-refractivity contribution >= 4 is 5.91 Å². The molecule has 104 valence electrons. The molecule has 0 aliphatic carbocycles. The molecule has 2 N–H and O–H groups in total. The normalized spacial score (nSPS) is 23.5. The van der Waals surface area contributed by atoms with Gasteiger partial charge in [-0.1, -0.05) is 6.92 Å². The molecule has 1 fully saturated rings. The Bertz CT molecular complexity index is 455. The molecule has 4 heteroatoms. The fourth-order valence-electron chi connectivity index (χ4n) is 2.89. The molecule has 1 aliphatic rings. The first-order valence-electron chi connectivity index (χ1n) is 6.81. The second-order valence-electron chi connectivity index (χ2n) is 5.44. The van der Waals surface area contributed by atoms with Crippen LogP contribution in [0.2, 0.25) is 0 Å². The lowest BCUT2D eigenvalue weighted by atomic mass is 9.90. The predicted molar refractivity (Wildman–Crippen MR) is 73.4 cm³/mol. The first kappa shape index (κ1) is 14.0. The Morgan fingerprint density at radius 1 is 1.47 bits per heavy atom. The van der Waals surface area contributed by atoms with Gasteiger partial charge in [-0.3, -0.25) is 4.79 Å². The van der Waals surface area contributed by atoms with Crippen LogP contribution in [0.5, 0.6) is 0 Å². The summed E-state index contributed by atoms with van der Waals surface area (Å²) in [5.41, 5.74) is 6.97. The molecular formula is C15H21FN2O. The molecule has 3 nitrogen and oxygen atoms in total. The quantitative estimate of drug-likeness (QED) is 0.891. The Kier molecular flexibility index (Phi) is 4.20. The molecule has 1 aromatic rings. The maximum atomic E-state index is 13.4. The summed E-state index contributed by atoms with van der Waals surface area (Å²) in [6, 6.07) is 4.53. The minimum atomic E-state index is -0.363. The summed E-state index contributed by atoms with van der Waals surface area (Å²) in [5.74, 6) is -0.0698. The van der Waals surface area contributed by atoms with Gasteiger partial charge in [-0.05, 0) is 49.4 Å². The van der Waals surface area contributed by atoms with Crippen LogP contribution in [0.25, 0.3) is 0 Å². The highest BCUT2D eigenvalue weighted by atomic mass is 19.1. The highest BCUT2D eigenvalue weighted by Gasteiger charge is 2.31. The molecule has 2 atom stereocenters. The number of nitrogens with two attached hydrogens (primary N) is 1. The zero-order valence-electron chi connectivity index (χ0n) is 11.5. The Labute approximate surface area is 113 Å². The molecule has 0 radical (unpaired) electrons. The summed E-state index contributed by atoms with van der Waals surface area (Å²) in [6.45, 7) is 5.08. The topological polar surface area (TPSA) is 46.3 Å². The number of carbonyl (C=O) groups is 1. The zero-order valence-corrected chi connectivity index (χ0v) is 11.5. The standard InChI is InChI=1S/C15H21FN2O/c1-10-6-12(8-13(16)7-10)15(19)18-5-3-4-11(2)14(18)9-17/h6-8,11,14H,3-5,9,17H2,1-2H3/t11-,14-/m0/s1. The van der Waals surface area contributed by atoms with Gasteiger partial charge in [0.05, 0.1) is 0 Å². The van der Waals surface area contributed by atoms with Crippen LogP contribution >= 0.6 is 0 Å². The van der Waals surface area contributed by atoms with Gasteiger partial charge in [0.2, 0.25) is 0 Å². The second kappa shape index (κ2) is 5.70. The molecule has 1 amide bonds. The molecule has 0 bridgehead atoms. The summed E-state index contributed by atoms with van der Waals surface area (Å²) in [7, 11) is 0. The lowest BCUT2D eigenvalue weighted by Gasteiger charge is -2.39. The van der Waals surface area contributed by atoms with Crippen LogP contribution < -0.4 is 5.73 Å². The number of likely N-dealkylation sites (tertiary alicyclic amines) is 1. The summed E-state index contributed by atoms with van der Waals surface area (Å²) in [6.07, 6.45) is 2.07. The maximum absolute atomic E-state index is 13.4. The number of halogens is 1. The second-order valence-corrected chi connectivity index (χ2v) is 5.44. The number of amides is 1. The third-order valence-corrected chi connectivity index (χ3v) is 3.91. The van der Waals surface area contributed by atoms with Crippen molar-refractivity contribution in [3.63, 3.8) is 0 Å². The van der Waals surface area contributed by atoms with Gasteiger partial charge < -0.3 is 10.6 Å². The fraction of sp³-hybridized carbons (Fsp3) is 0.533. The highest BCUT2D eigenvalue weighted by molar-refractivity contribution is 5.94. The van der Waals surface area contributed by atoms with Crippen LogP contribution in [0.15, 0.2) is 18.2 Å². The Morgan fingerprint density at radius 2 is 2.21 bits per heavy atom. The van der Waals surface area contributed by atoms with Crippen LogP contribution in [0.1, 0.15) is 35.7 Å². The van der Waals surface area contributed by atoms with Crippen molar-refractivity contribution in [1.82, 2.24) is 4.90 Å². The third kappa shape index (κ3) is 2.95. The van der Waals surface area contributed by atoms with E-state index >= 15 is 0 Å². The van der Waals surface area contributed by atoms with Crippen molar-refractivity contribution in [1.29, 1.82) is 0 Å². The zero-order chi connectivity index (χ0) is 14.0. The minimum Gasteiger partial charge on any atom is -0.334 e. The first-order chi connectivity index (χ1) is 9.02. The van der Waals surface area contributed by atoms with E-state index in [9.17, 15) is 9.18 Å². The van der Waals surface area contributed by atoms with Gasteiger partial charge in [-0.15, -0.1) is 0 Å². The van der Waals surface area contributed by atoms with Gasteiger partial charge in [0.25, 0.3) is 5.91 Å². The molecular weight excluding hydrogens is 243 g/mol. The van der Waals surface area contributed by atoms with Crippen molar-refractivity contribution in [3.8, 4) is 0 Å². The summed E-state index contributed by atoms with van der Waals surface area (Å²) in [5, 5.41) is 0. The van der Waals surface area contributed by atoms with Crippen molar-refractivity contribution in [2.45, 2.75) is 32.7 Å². The van der Waals surface area contributed by atoms with E-state index in [-0.39, 0.29) is 17.8 Å². The molecule has 1 aromatic carbocycles. The molecule has 0 aromatic heterocycles. The van der Waals surface area contributed by atoms with Gasteiger partial charge in [0, 0.05) is 24.7 Å². The van der Waals surface area contributed by atoms with Gasteiger partial charge in [-0.2, -0.15) is 0 Å². The SMILES string of the molecule is Cc1cc(F)cc(C(=O)N2CCC[C@H](C)[C@@H]2CN)c1. The monoisotopic (exact) mass is 264 g/mol. The Balaban J connectivity index is 2.26. The van der Waals surface area contributed by atoms with Gasteiger partial charge in [0.15, 0.2) is 0 Å². The smallest absolute Gasteiger partial charge is 0.254 e. The molecule has 1 heterocycles. The van der Waals surface area contributed by atoms with Gasteiger partial charge in [0.1, 0.15) is 5.82 Å². The van der Waals surface area contributed by atoms with Crippen LogP contribution in [0, 0.1) is 18.7 Å². The molecule has 0 unspecified atom stereocenters. The van der Waals surface area contributed by atoms with E-state index in [1.807, 2.05) is 4.90 Å². The molecule has 2 rings (SSSR count). The van der Waals surface area contributed by atoms with E-state index in [1.165, 1.54) is 12.1 Å². The summed E-state index contributed by atoms with van der Waals surface area (Å²) in [4.78, 5) is 14.3. The molecule has 0 spiro atoms. The third-order valence-electron chi connectivity index (χ3n) is 3.91. The average Bonchev–Trinajstić information content (AvgIpc) is 2.36. The summed E-state index contributed by atoms with van der Waals surface area (Å²) >= 11 is 0. The highest BCUT2D eigenvalue weighted by Crippen LogP contribution is 2.24. The minimum absolute atomic E-state index is 0.0600. The van der Waals surface area contributed by atoms with E-state index in [0.29, 0.717) is 24.6 Å². The van der Waals surface area contributed by atoms with E-state index in [4.69, 9.17) is 5.73 Å². The van der Waals surface area contributed by atoms with Gasteiger partial charge in [-0.25, -0.2) is 4.39 Å². The average molecular weight is 264 g/mol. The van der Waals surface area contributed by atoms with E-state index in [2.05, 4.69) is 6.92 Å². The predicted octanol–water partition coefficient (Wildman–Crippen LogP) is 2.33. The van der Waals surface area contributed by atoms with E-state index in [1.54, 1.807) is 13.0 Å². The molecule has 19 heavy (non-hydrogen) atoms. The van der Waals surface area contributed by atoms with Crippen LogP contribution in [0.4, 0.5) is 4.39 Å². The van der Waals surface area contributed by atoms with Gasteiger partial charge >= 0.3 is 0 Å². The maximum Gasteiger partial charge on any atom is 0.254 e. The fourth-order valence-corrected chi connectivity index (χ4v) is 2.89. The Morgan fingerprint density at radius 3 is 2.84 bits per heavy atom. The van der Waals surface area contributed by atoms with Crippen molar-refractivity contribution < 1.29 is 9.18 Å². The van der Waals surface area contributed by atoms with Crippen LogP contribution in [-0.2, 0) is 0 Å². The number of piperidine rings is 1. The van der Waals surface area contributed by atoms with Crippen molar-refractivity contribution in [2.24, 2.45) is 11.7 Å². The number of rotatable bonds is 2. The van der Waals surface area contributed by atoms with Crippen LogP contribution in [-0.4, -0.2) is 29.9 Å². The van der Waals surface area contributed by atoms with E-state index < -0.39 is 0 Å². The number of hydrogen-bond donors (Lipinski definition) is 1. The molecule has 1 aliphatic heterocycles. The Hall–Kier alpha value is -1.42. The lowest BCUT2D eigenvalue weighted by Crippen LogP contribution is -2.51. The van der Waals surface area contributed by atoms with Crippen molar-refractivity contribution in [3.05, 3.63) is 35.1 Å². The largest absolute Gasteiger partial charge is 0.334 e. The number of benzene rings is 1. The number of hydrogen-bond acceptors (Lipinski definition) is 2. The lowest BCUT2D eigenvalue weighted by molar-refractivity contribution is 0.0532. The molecule has 0 saturated carbocycles. The number of carbonyl (C=O) groups excluding carboxylic acids is 1.